The first-order valence-electron chi connectivity index (χ1n) is 10.6. The molecule has 0 unspecified atom stereocenters. The quantitative estimate of drug-likeness (QED) is 0.398. The molecule has 1 fully saturated rings. The topological polar surface area (TPSA) is 84.9 Å². The van der Waals surface area contributed by atoms with E-state index < -0.39 is 23.6 Å². The van der Waals surface area contributed by atoms with Crippen LogP contribution in [0.2, 0.25) is 5.02 Å². The maximum atomic E-state index is 12.9. The normalized spacial score (nSPS) is 14.3. The summed E-state index contributed by atoms with van der Waals surface area (Å²) in [6, 6.07) is 21.7. The Hall–Kier alpha value is -3.75. The molecule has 0 aliphatic carbocycles. The number of hydrogen-bond acceptors (Lipinski definition) is 6. The number of nitrogens with one attached hydrogen (secondary N) is 1. The predicted molar refractivity (Wildman–Crippen MR) is 137 cm³/mol. The van der Waals surface area contributed by atoms with Gasteiger partial charge in [-0.15, -0.1) is 0 Å². The molecular formula is C26H21ClN2O5S. The van der Waals surface area contributed by atoms with Crippen molar-refractivity contribution < 1.29 is 23.9 Å². The Labute approximate surface area is 211 Å². The van der Waals surface area contributed by atoms with Gasteiger partial charge < -0.3 is 14.8 Å². The number of rotatable bonds is 8. The van der Waals surface area contributed by atoms with Crippen LogP contribution in [0.5, 0.6) is 11.5 Å². The minimum Gasteiger partial charge on any atom is -0.495 e. The molecule has 0 aromatic heterocycles. The van der Waals surface area contributed by atoms with Gasteiger partial charge in [0.1, 0.15) is 24.7 Å². The molecule has 4 rings (SSSR count). The van der Waals surface area contributed by atoms with E-state index in [0.29, 0.717) is 34.4 Å². The summed E-state index contributed by atoms with van der Waals surface area (Å²) in [5.74, 6) is -0.0202. The number of ether oxygens (including phenoxy) is 2. The van der Waals surface area contributed by atoms with Crippen LogP contribution in [-0.2, 0) is 16.2 Å². The number of benzene rings is 3. The smallest absolute Gasteiger partial charge is 0.294 e. The first-order valence-corrected chi connectivity index (χ1v) is 11.8. The van der Waals surface area contributed by atoms with Gasteiger partial charge >= 0.3 is 0 Å². The number of methoxy groups -OCH3 is 1. The van der Waals surface area contributed by atoms with E-state index in [1.54, 1.807) is 30.3 Å². The van der Waals surface area contributed by atoms with Gasteiger partial charge in [-0.25, -0.2) is 0 Å². The molecule has 178 valence electrons. The van der Waals surface area contributed by atoms with Crippen molar-refractivity contribution in [3.05, 3.63) is 93.9 Å². The summed E-state index contributed by atoms with van der Waals surface area (Å²) in [5.41, 5.74) is 2.09. The lowest BCUT2D eigenvalue weighted by Gasteiger charge is -2.13. The highest BCUT2D eigenvalue weighted by molar-refractivity contribution is 8.18. The number of para-hydroxylation sites is 1. The number of imide groups is 1. The van der Waals surface area contributed by atoms with Gasteiger partial charge in [-0.2, -0.15) is 0 Å². The standard InChI is InChI=1S/C26H21ClN2O5S/c1-33-22-12-11-19(14-20(22)27)28-24(30)15-29-25(31)23(35-26(29)32)13-18-9-5-6-10-21(18)34-16-17-7-3-2-4-8-17/h2-14H,15-16H2,1H3,(H,28,30)/b23-13+. The first-order chi connectivity index (χ1) is 16.9. The molecule has 35 heavy (non-hydrogen) atoms. The summed E-state index contributed by atoms with van der Waals surface area (Å²) in [6.45, 7) is -0.0550. The molecule has 1 aliphatic heterocycles. The second kappa shape index (κ2) is 11.1. The molecule has 3 aromatic carbocycles. The molecule has 7 nitrogen and oxygen atoms in total. The lowest BCUT2D eigenvalue weighted by atomic mass is 10.1. The van der Waals surface area contributed by atoms with E-state index in [1.807, 2.05) is 42.5 Å². The van der Waals surface area contributed by atoms with Crippen molar-refractivity contribution in [3.63, 3.8) is 0 Å². The molecule has 0 radical (unpaired) electrons. The van der Waals surface area contributed by atoms with Crippen molar-refractivity contribution in [3.8, 4) is 11.5 Å². The number of thioether (sulfide) groups is 1. The van der Waals surface area contributed by atoms with E-state index in [4.69, 9.17) is 21.1 Å². The fourth-order valence-electron chi connectivity index (χ4n) is 3.33. The van der Waals surface area contributed by atoms with Crippen LogP contribution in [-0.4, -0.2) is 35.6 Å². The third kappa shape index (κ3) is 6.03. The Kier molecular flexibility index (Phi) is 7.74. The van der Waals surface area contributed by atoms with Crippen LogP contribution in [0.3, 0.4) is 0 Å². The molecule has 0 atom stereocenters. The zero-order valence-corrected chi connectivity index (χ0v) is 20.3. The van der Waals surface area contributed by atoms with Crippen LogP contribution < -0.4 is 14.8 Å². The van der Waals surface area contributed by atoms with Crippen molar-refractivity contribution >= 4 is 52.2 Å². The first kappa shape index (κ1) is 24.4. The Morgan fingerprint density at radius 1 is 1.03 bits per heavy atom. The molecule has 0 saturated carbocycles. The average Bonchev–Trinajstić information content (AvgIpc) is 3.11. The SMILES string of the molecule is COc1ccc(NC(=O)CN2C(=O)S/C(=C/c3ccccc3OCc3ccccc3)C2=O)cc1Cl. The molecule has 1 aliphatic rings. The molecule has 3 amide bonds. The van der Waals surface area contributed by atoms with Crippen LogP contribution in [0, 0.1) is 0 Å². The summed E-state index contributed by atoms with van der Waals surface area (Å²) in [4.78, 5) is 39.0. The van der Waals surface area contributed by atoms with Crippen LogP contribution in [0.1, 0.15) is 11.1 Å². The lowest BCUT2D eigenvalue weighted by molar-refractivity contribution is -0.127. The summed E-state index contributed by atoms with van der Waals surface area (Å²) in [6.07, 6.45) is 1.60. The highest BCUT2D eigenvalue weighted by Gasteiger charge is 2.36. The van der Waals surface area contributed by atoms with Crippen LogP contribution in [0.4, 0.5) is 10.5 Å². The fraction of sp³-hybridized carbons (Fsp3) is 0.115. The lowest BCUT2D eigenvalue weighted by Crippen LogP contribution is -2.36. The van der Waals surface area contributed by atoms with E-state index in [9.17, 15) is 14.4 Å². The number of carbonyl (C=O) groups is 3. The highest BCUT2D eigenvalue weighted by atomic mass is 35.5. The Bertz CT molecular complexity index is 1300. The number of nitrogens with zero attached hydrogens (tertiary/aromatic N) is 1. The molecule has 1 N–H and O–H groups in total. The number of amides is 3. The van der Waals surface area contributed by atoms with Gasteiger partial charge in [0.15, 0.2) is 0 Å². The van der Waals surface area contributed by atoms with E-state index in [1.165, 1.54) is 13.2 Å². The largest absolute Gasteiger partial charge is 0.495 e. The number of hydrogen-bond donors (Lipinski definition) is 1. The van der Waals surface area contributed by atoms with E-state index in [2.05, 4.69) is 5.32 Å². The van der Waals surface area contributed by atoms with Crippen LogP contribution in [0.15, 0.2) is 77.7 Å². The number of halogens is 1. The van der Waals surface area contributed by atoms with Gasteiger partial charge in [-0.1, -0.05) is 60.1 Å². The van der Waals surface area contributed by atoms with Gasteiger partial charge in [0.05, 0.1) is 17.0 Å². The number of carbonyl (C=O) groups excluding carboxylic acids is 3. The third-order valence-electron chi connectivity index (χ3n) is 5.05. The van der Waals surface area contributed by atoms with Gasteiger partial charge in [-0.05, 0) is 47.7 Å². The van der Waals surface area contributed by atoms with Crippen LogP contribution >= 0.6 is 23.4 Å². The fourth-order valence-corrected chi connectivity index (χ4v) is 4.42. The summed E-state index contributed by atoms with van der Waals surface area (Å²) in [7, 11) is 1.49. The molecule has 0 bridgehead atoms. The van der Waals surface area contributed by atoms with Crippen LogP contribution in [0.25, 0.3) is 6.08 Å². The van der Waals surface area contributed by atoms with Gasteiger partial charge in [0.2, 0.25) is 5.91 Å². The maximum absolute atomic E-state index is 12.9. The third-order valence-corrected chi connectivity index (χ3v) is 6.26. The maximum Gasteiger partial charge on any atom is 0.294 e. The molecule has 0 spiro atoms. The monoisotopic (exact) mass is 508 g/mol. The van der Waals surface area contributed by atoms with Crippen molar-refractivity contribution in [1.29, 1.82) is 0 Å². The summed E-state index contributed by atoms with van der Waals surface area (Å²) in [5, 5.41) is 2.44. The molecule has 9 heteroatoms. The number of anilines is 1. The van der Waals surface area contributed by atoms with Gasteiger partial charge in [0.25, 0.3) is 11.1 Å². The molecule has 3 aromatic rings. The van der Waals surface area contributed by atoms with Gasteiger partial charge in [0, 0.05) is 11.3 Å². The van der Waals surface area contributed by atoms with E-state index in [-0.39, 0.29) is 4.91 Å². The summed E-state index contributed by atoms with van der Waals surface area (Å²) < 4.78 is 11.0. The van der Waals surface area contributed by atoms with Crippen molar-refractivity contribution in [1.82, 2.24) is 4.90 Å². The second-order valence-electron chi connectivity index (χ2n) is 7.48. The molecule has 1 heterocycles. The zero-order valence-electron chi connectivity index (χ0n) is 18.7. The van der Waals surface area contributed by atoms with E-state index in [0.717, 1.165) is 22.2 Å². The Morgan fingerprint density at radius 3 is 2.51 bits per heavy atom. The highest BCUT2D eigenvalue weighted by Crippen LogP contribution is 2.34. The van der Waals surface area contributed by atoms with E-state index >= 15 is 0 Å². The molecular weight excluding hydrogens is 488 g/mol. The minimum atomic E-state index is -0.541. The average molecular weight is 509 g/mol. The Balaban J connectivity index is 1.43. The second-order valence-corrected chi connectivity index (χ2v) is 8.88. The molecule has 1 saturated heterocycles. The summed E-state index contributed by atoms with van der Waals surface area (Å²) >= 11 is 6.86. The minimum absolute atomic E-state index is 0.214. The van der Waals surface area contributed by atoms with Crippen molar-refractivity contribution in [2.75, 3.05) is 19.0 Å². The van der Waals surface area contributed by atoms with Crippen molar-refractivity contribution in [2.24, 2.45) is 0 Å². The van der Waals surface area contributed by atoms with Crippen molar-refractivity contribution in [2.45, 2.75) is 6.61 Å². The zero-order chi connectivity index (χ0) is 24.8. The predicted octanol–water partition coefficient (Wildman–Crippen LogP) is 5.60. The Morgan fingerprint density at radius 2 is 1.77 bits per heavy atom. The van der Waals surface area contributed by atoms with Gasteiger partial charge in [-0.3, -0.25) is 19.3 Å².